The molecule has 1 fully saturated rings. The fourth-order valence-corrected chi connectivity index (χ4v) is 2.12. The van der Waals surface area contributed by atoms with Gasteiger partial charge in [-0.25, -0.2) is 0 Å². The number of rotatable bonds is 3. The number of likely N-dealkylation sites (tertiary alicyclic amines) is 1. The van der Waals surface area contributed by atoms with Crippen molar-refractivity contribution in [3.63, 3.8) is 0 Å². The smallest absolute Gasteiger partial charge is 0.251 e. The molecule has 1 aliphatic heterocycles. The van der Waals surface area contributed by atoms with Crippen LogP contribution in [-0.2, 0) is 9.53 Å². The summed E-state index contributed by atoms with van der Waals surface area (Å²) in [6.45, 7) is 9.51. The third-order valence-electron chi connectivity index (χ3n) is 3.94. The Kier molecular flexibility index (Phi) is 7.92. The van der Waals surface area contributed by atoms with Crippen LogP contribution in [0.1, 0.15) is 49.5 Å². The summed E-state index contributed by atoms with van der Waals surface area (Å²) in [5, 5.41) is 3.02. The van der Waals surface area contributed by atoms with Crippen molar-refractivity contribution in [3.8, 4) is 0 Å². The third kappa shape index (κ3) is 7.59. The second-order valence-electron chi connectivity index (χ2n) is 7.07. The van der Waals surface area contributed by atoms with Crippen molar-refractivity contribution >= 4 is 12.3 Å². The van der Waals surface area contributed by atoms with Gasteiger partial charge in [-0.3, -0.25) is 9.59 Å². The van der Waals surface area contributed by atoms with Gasteiger partial charge in [-0.05, 0) is 52.7 Å². The molecular formula is C19H30N2O3. The Morgan fingerprint density at radius 3 is 2.12 bits per heavy atom. The molecule has 0 radical (unpaired) electrons. The van der Waals surface area contributed by atoms with Gasteiger partial charge in [0.15, 0.2) is 0 Å². The lowest BCUT2D eigenvalue weighted by Crippen LogP contribution is -2.44. The van der Waals surface area contributed by atoms with Gasteiger partial charge < -0.3 is 15.0 Å². The number of ether oxygens (including phenoxy) is 1. The van der Waals surface area contributed by atoms with Crippen molar-refractivity contribution in [1.82, 2.24) is 10.2 Å². The lowest BCUT2D eigenvalue weighted by molar-refractivity contribution is -0.119. The molecule has 0 aliphatic carbocycles. The molecule has 1 saturated heterocycles. The first-order valence-corrected chi connectivity index (χ1v) is 8.37. The minimum Gasteiger partial charge on any atom is -0.379 e. The number of piperidine rings is 1. The van der Waals surface area contributed by atoms with Gasteiger partial charge in [-0.2, -0.15) is 0 Å². The second kappa shape index (κ2) is 9.42. The van der Waals surface area contributed by atoms with Crippen LogP contribution in [0.25, 0.3) is 0 Å². The monoisotopic (exact) mass is 334 g/mol. The summed E-state index contributed by atoms with van der Waals surface area (Å²) >= 11 is 0. The summed E-state index contributed by atoms with van der Waals surface area (Å²) in [5.74, 6) is -0.0282. The van der Waals surface area contributed by atoms with Gasteiger partial charge >= 0.3 is 0 Å². The number of benzene rings is 1. The fourth-order valence-electron chi connectivity index (χ4n) is 2.12. The number of aryl methyl sites for hydroxylation is 1. The van der Waals surface area contributed by atoms with E-state index in [-0.39, 0.29) is 17.6 Å². The Bertz CT molecular complexity index is 512. The van der Waals surface area contributed by atoms with Gasteiger partial charge in [0.05, 0.1) is 5.60 Å². The Morgan fingerprint density at radius 1 is 1.21 bits per heavy atom. The fraction of sp³-hybridized carbons (Fsp3) is 0.579. The predicted octanol–water partition coefficient (Wildman–Crippen LogP) is 2.78. The van der Waals surface area contributed by atoms with Crippen LogP contribution >= 0.6 is 0 Å². The molecule has 1 heterocycles. The molecule has 0 unspecified atom stereocenters. The van der Waals surface area contributed by atoms with Crippen LogP contribution in [0, 0.1) is 6.92 Å². The van der Waals surface area contributed by atoms with Gasteiger partial charge in [0, 0.05) is 31.8 Å². The molecule has 0 bridgehead atoms. The molecule has 24 heavy (non-hydrogen) atoms. The predicted molar refractivity (Wildman–Crippen MR) is 96.1 cm³/mol. The maximum Gasteiger partial charge on any atom is 0.251 e. The number of amides is 2. The molecule has 1 aliphatic rings. The number of methoxy groups -OCH3 is 1. The largest absolute Gasteiger partial charge is 0.379 e. The summed E-state index contributed by atoms with van der Waals surface area (Å²) in [4.78, 5) is 24.3. The van der Waals surface area contributed by atoms with E-state index in [1.54, 1.807) is 12.0 Å². The Morgan fingerprint density at radius 2 is 1.71 bits per heavy atom. The van der Waals surface area contributed by atoms with Crippen LogP contribution in [0.15, 0.2) is 24.3 Å². The average Bonchev–Trinajstić information content (AvgIpc) is 2.56. The highest BCUT2D eigenvalue weighted by Gasteiger charge is 2.19. The van der Waals surface area contributed by atoms with Gasteiger partial charge in [-0.1, -0.05) is 17.7 Å². The van der Waals surface area contributed by atoms with Crippen LogP contribution in [0.5, 0.6) is 0 Å². The van der Waals surface area contributed by atoms with E-state index in [0.717, 1.165) is 37.9 Å². The molecule has 134 valence electrons. The molecule has 1 aromatic rings. The highest BCUT2D eigenvalue weighted by Crippen LogP contribution is 2.10. The average molecular weight is 334 g/mol. The zero-order valence-corrected chi connectivity index (χ0v) is 15.5. The molecule has 0 aromatic heterocycles. The zero-order chi connectivity index (χ0) is 18.2. The van der Waals surface area contributed by atoms with Crippen molar-refractivity contribution in [2.75, 3.05) is 20.2 Å². The lowest BCUT2D eigenvalue weighted by atomic mass is 10.0. The number of carbonyl (C=O) groups is 2. The molecule has 0 saturated carbocycles. The summed E-state index contributed by atoms with van der Waals surface area (Å²) < 4.78 is 4.94. The molecule has 0 atom stereocenters. The topological polar surface area (TPSA) is 58.6 Å². The Labute approximate surface area is 145 Å². The summed E-state index contributed by atoms with van der Waals surface area (Å²) in [5.41, 5.74) is 1.88. The minimum absolute atomic E-state index is 0.0282. The second-order valence-corrected chi connectivity index (χ2v) is 7.07. The first-order chi connectivity index (χ1) is 11.2. The highest BCUT2D eigenvalue weighted by atomic mass is 16.5. The molecular weight excluding hydrogens is 304 g/mol. The minimum atomic E-state index is -0.0282. The molecule has 1 aromatic carbocycles. The normalized spacial score (nSPS) is 15.3. The molecule has 5 nitrogen and oxygen atoms in total. The van der Waals surface area contributed by atoms with Crippen molar-refractivity contribution in [3.05, 3.63) is 35.4 Å². The molecule has 5 heteroatoms. The summed E-state index contributed by atoms with van der Waals surface area (Å²) in [7, 11) is 1.71. The van der Waals surface area contributed by atoms with E-state index in [0.29, 0.717) is 5.56 Å². The van der Waals surface area contributed by atoms with E-state index >= 15 is 0 Å². The first-order valence-electron chi connectivity index (χ1n) is 8.37. The van der Waals surface area contributed by atoms with E-state index in [9.17, 15) is 9.59 Å². The zero-order valence-electron chi connectivity index (χ0n) is 15.5. The van der Waals surface area contributed by atoms with Crippen molar-refractivity contribution < 1.29 is 14.3 Å². The standard InChI is InChI=1S/C14H18N2O2.C5H12O/c1-11-2-4-12(5-3-11)14(18)15-13-6-8-16(10-17)9-7-13;1-5(2,3)6-4/h2-5,10,13H,6-9H2,1H3,(H,15,18);1-4H3. The molecule has 2 rings (SSSR count). The van der Waals surface area contributed by atoms with Crippen molar-refractivity contribution in [2.24, 2.45) is 0 Å². The van der Waals surface area contributed by atoms with E-state index in [1.807, 2.05) is 52.0 Å². The number of hydrogen-bond donors (Lipinski definition) is 1. The molecule has 2 amide bonds. The SMILES string of the molecule is COC(C)(C)C.Cc1ccc(C(=O)NC2CCN(C=O)CC2)cc1. The third-order valence-corrected chi connectivity index (χ3v) is 3.94. The van der Waals surface area contributed by atoms with Crippen LogP contribution in [0.2, 0.25) is 0 Å². The Hall–Kier alpha value is -1.88. The van der Waals surface area contributed by atoms with Crippen LogP contribution < -0.4 is 5.32 Å². The molecule has 1 N–H and O–H groups in total. The maximum atomic E-state index is 12.0. The molecule has 0 spiro atoms. The Balaban J connectivity index is 0.000000413. The van der Waals surface area contributed by atoms with E-state index in [2.05, 4.69) is 5.32 Å². The van der Waals surface area contributed by atoms with Crippen LogP contribution in [0.3, 0.4) is 0 Å². The van der Waals surface area contributed by atoms with Gasteiger partial charge in [-0.15, -0.1) is 0 Å². The van der Waals surface area contributed by atoms with Gasteiger partial charge in [0.1, 0.15) is 0 Å². The first kappa shape index (κ1) is 20.2. The van der Waals surface area contributed by atoms with Crippen molar-refractivity contribution in [2.45, 2.75) is 52.2 Å². The summed E-state index contributed by atoms with van der Waals surface area (Å²) in [6.07, 6.45) is 2.53. The van der Waals surface area contributed by atoms with Crippen LogP contribution in [-0.4, -0.2) is 49.1 Å². The van der Waals surface area contributed by atoms with Gasteiger partial charge in [0.25, 0.3) is 5.91 Å². The summed E-state index contributed by atoms with van der Waals surface area (Å²) in [6, 6.07) is 7.72. The lowest BCUT2D eigenvalue weighted by Gasteiger charge is -2.29. The quantitative estimate of drug-likeness (QED) is 0.865. The van der Waals surface area contributed by atoms with E-state index in [4.69, 9.17) is 4.74 Å². The van der Waals surface area contributed by atoms with E-state index < -0.39 is 0 Å². The number of hydrogen-bond acceptors (Lipinski definition) is 3. The highest BCUT2D eigenvalue weighted by molar-refractivity contribution is 5.94. The number of nitrogens with one attached hydrogen (secondary N) is 1. The van der Waals surface area contributed by atoms with Crippen molar-refractivity contribution in [1.29, 1.82) is 0 Å². The maximum absolute atomic E-state index is 12.0. The van der Waals surface area contributed by atoms with Gasteiger partial charge in [0.2, 0.25) is 6.41 Å². The van der Waals surface area contributed by atoms with Crippen LogP contribution in [0.4, 0.5) is 0 Å². The number of carbonyl (C=O) groups excluding carboxylic acids is 2. The van der Waals surface area contributed by atoms with E-state index in [1.165, 1.54) is 0 Å². The number of nitrogens with zero attached hydrogens (tertiary/aromatic N) is 1.